The second-order valence-corrected chi connectivity index (χ2v) is 9.52. The van der Waals surface area contributed by atoms with E-state index in [2.05, 4.69) is 26.0 Å². The van der Waals surface area contributed by atoms with Crippen molar-refractivity contribution in [2.45, 2.75) is 78.1 Å². The monoisotopic (exact) mass is 502 g/mol. The molecule has 3 rings (SSSR count). The molecule has 0 spiro atoms. The molecule has 0 amide bonds. The molecule has 4 nitrogen and oxygen atoms in total. The van der Waals surface area contributed by atoms with Crippen LogP contribution < -0.4 is 4.74 Å². The van der Waals surface area contributed by atoms with Gasteiger partial charge < -0.3 is 4.74 Å². The van der Waals surface area contributed by atoms with Gasteiger partial charge in [-0.15, -0.1) is 0 Å². The van der Waals surface area contributed by atoms with E-state index in [4.69, 9.17) is 14.5 Å². The van der Waals surface area contributed by atoms with Crippen molar-refractivity contribution in [1.82, 2.24) is 0 Å². The molecule has 0 N–H and O–H groups in total. The van der Waals surface area contributed by atoms with Gasteiger partial charge in [-0.3, -0.25) is 4.89 Å². The van der Waals surface area contributed by atoms with Gasteiger partial charge >= 0.3 is 5.97 Å². The Labute approximate surface area is 222 Å². The fourth-order valence-electron chi connectivity index (χ4n) is 4.31. The maximum atomic E-state index is 12.7. The lowest BCUT2D eigenvalue weighted by Crippen LogP contribution is -2.07. The maximum Gasteiger partial charge on any atom is 0.373 e. The first-order valence-corrected chi connectivity index (χ1v) is 14.0. The Kier molecular flexibility index (Phi) is 12.8. The zero-order chi connectivity index (χ0) is 26.1. The van der Waals surface area contributed by atoms with Crippen LogP contribution in [0, 0.1) is 0 Å². The molecule has 3 aromatic carbocycles. The molecular weight excluding hydrogens is 460 g/mol. The molecule has 0 fully saturated rings. The Balaban J connectivity index is 1.67. The Hall–Kier alpha value is -3.11. The second-order valence-electron chi connectivity index (χ2n) is 9.52. The summed E-state index contributed by atoms with van der Waals surface area (Å²) in [6.45, 7) is 5.57. The predicted octanol–water partition coefficient (Wildman–Crippen LogP) is 9.43. The molecule has 0 heterocycles. The van der Waals surface area contributed by atoms with Gasteiger partial charge in [0.15, 0.2) is 0 Å². The SMILES string of the molecule is CCCCCCCCOOC(=O)c1ccc(-c2ccccc2)c(-c2ccc(OCCCCCC)cc2)c1. The highest BCUT2D eigenvalue weighted by Crippen LogP contribution is 2.34. The van der Waals surface area contributed by atoms with Crippen molar-refractivity contribution >= 4 is 5.97 Å². The van der Waals surface area contributed by atoms with Gasteiger partial charge in [-0.1, -0.05) is 114 Å². The highest BCUT2D eigenvalue weighted by Gasteiger charge is 2.15. The van der Waals surface area contributed by atoms with Gasteiger partial charge in [-0.25, -0.2) is 4.79 Å². The van der Waals surface area contributed by atoms with Crippen LogP contribution >= 0.6 is 0 Å². The summed E-state index contributed by atoms with van der Waals surface area (Å²) in [5, 5.41) is 0. The number of hydrogen-bond acceptors (Lipinski definition) is 4. The van der Waals surface area contributed by atoms with Crippen LogP contribution in [0.15, 0.2) is 72.8 Å². The van der Waals surface area contributed by atoms with Gasteiger partial charge in [0.1, 0.15) is 5.75 Å². The Morgan fingerprint density at radius 1 is 0.622 bits per heavy atom. The average molecular weight is 503 g/mol. The first kappa shape index (κ1) is 28.5. The van der Waals surface area contributed by atoms with E-state index in [0.717, 1.165) is 53.9 Å². The van der Waals surface area contributed by atoms with Crippen molar-refractivity contribution in [2.24, 2.45) is 0 Å². The van der Waals surface area contributed by atoms with Crippen LogP contribution in [0.2, 0.25) is 0 Å². The molecular formula is C33H42O4. The predicted molar refractivity (Wildman–Crippen MR) is 152 cm³/mol. The van der Waals surface area contributed by atoms with E-state index >= 15 is 0 Å². The van der Waals surface area contributed by atoms with Crippen LogP contribution in [-0.4, -0.2) is 19.2 Å². The smallest absolute Gasteiger partial charge is 0.373 e. The van der Waals surface area contributed by atoms with Gasteiger partial charge in [-0.2, -0.15) is 4.89 Å². The van der Waals surface area contributed by atoms with Gasteiger partial charge in [0.05, 0.1) is 18.8 Å². The number of ether oxygens (including phenoxy) is 1. The first-order chi connectivity index (χ1) is 18.2. The molecule has 198 valence electrons. The minimum absolute atomic E-state index is 0.423. The molecule has 4 heteroatoms. The number of benzene rings is 3. The summed E-state index contributed by atoms with van der Waals surface area (Å²) in [7, 11) is 0. The van der Waals surface area contributed by atoms with Crippen LogP contribution in [0.25, 0.3) is 22.3 Å². The van der Waals surface area contributed by atoms with Crippen molar-refractivity contribution in [2.75, 3.05) is 13.2 Å². The minimum Gasteiger partial charge on any atom is -0.494 e. The van der Waals surface area contributed by atoms with E-state index in [-0.39, 0.29) is 0 Å². The molecule has 0 aliphatic rings. The maximum absolute atomic E-state index is 12.7. The highest BCUT2D eigenvalue weighted by molar-refractivity contribution is 5.94. The fourth-order valence-corrected chi connectivity index (χ4v) is 4.31. The molecule has 0 unspecified atom stereocenters. The highest BCUT2D eigenvalue weighted by atomic mass is 17.2. The Morgan fingerprint density at radius 3 is 1.97 bits per heavy atom. The van der Waals surface area contributed by atoms with E-state index in [0.29, 0.717) is 12.2 Å². The molecule has 0 aromatic heterocycles. The fraction of sp³-hybridized carbons (Fsp3) is 0.424. The van der Waals surface area contributed by atoms with Crippen LogP contribution in [-0.2, 0) is 9.78 Å². The van der Waals surface area contributed by atoms with Crippen molar-refractivity contribution in [3.63, 3.8) is 0 Å². The standard InChI is InChI=1S/C33H42O4/c1-3-5-7-9-10-15-25-36-37-33(34)29-20-23-31(27-16-12-11-13-17-27)32(26-29)28-18-21-30(22-19-28)35-24-14-8-6-4-2/h11-13,16-23,26H,3-10,14-15,24-25H2,1-2H3. The molecule has 0 bridgehead atoms. The number of unbranched alkanes of at least 4 members (excludes halogenated alkanes) is 8. The van der Waals surface area contributed by atoms with E-state index in [1.165, 1.54) is 44.9 Å². The molecule has 3 aromatic rings. The quantitative estimate of drug-likeness (QED) is 0.105. The van der Waals surface area contributed by atoms with Crippen molar-refractivity contribution in [3.05, 3.63) is 78.4 Å². The summed E-state index contributed by atoms with van der Waals surface area (Å²) in [5.74, 6) is 0.388. The lowest BCUT2D eigenvalue weighted by Gasteiger charge is -2.13. The summed E-state index contributed by atoms with van der Waals surface area (Å²) in [4.78, 5) is 23.1. The third-order valence-electron chi connectivity index (χ3n) is 6.49. The summed E-state index contributed by atoms with van der Waals surface area (Å²) in [6, 6.07) is 24.0. The van der Waals surface area contributed by atoms with E-state index in [1.807, 2.05) is 54.6 Å². The number of carbonyl (C=O) groups is 1. The van der Waals surface area contributed by atoms with Crippen molar-refractivity contribution in [3.8, 4) is 28.0 Å². The van der Waals surface area contributed by atoms with Gasteiger partial charge in [0.2, 0.25) is 0 Å². The molecule has 0 aliphatic heterocycles. The first-order valence-electron chi connectivity index (χ1n) is 14.0. The third kappa shape index (κ3) is 9.70. The van der Waals surface area contributed by atoms with Crippen LogP contribution in [0.5, 0.6) is 5.75 Å². The summed E-state index contributed by atoms with van der Waals surface area (Å²) >= 11 is 0. The summed E-state index contributed by atoms with van der Waals surface area (Å²) in [6.07, 6.45) is 11.6. The number of hydrogen-bond donors (Lipinski definition) is 0. The van der Waals surface area contributed by atoms with Crippen molar-refractivity contribution < 1.29 is 19.3 Å². The van der Waals surface area contributed by atoms with Crippen LogP contribution in [0.4, 0.5) is 0 Å². The summed E-state index contributed by atoms with van der Waals surface area (Å²) < 4.78 is 5.92. The molecule has 37 heavy (non-hydrogen) atoms. The Morgan fingerprint density at radius 2 is 1.24 bits per heavy atom. The molecule has 0 atom stereocenters. The zero-order valence-electron chi connectivity index (χ0n) is 22.5. The van der Waals surface area contributed by atoms with E-state index < -0.39 is 5.97 Å². The zero-order valence-corrected chi connectivity index (χ0v) is 22.5. The summed E-state index contributed by atoms with van der Waals surface area (Å²) in [5.41, 5.74) is 4.59. The lowest BCUT2D eigenvalue weighted by molar-refractivity contribution is -0.241. The average Bonchev–Trinajstić information content (AvgIpc) is 2.95. The van der Waals surface area contributed by atoms with Gasteiger partial charge in [0.25, 0.3) is 0 Å². The topological polar surface area (TPSA) is 44.8 Å². The molecule has 0 saturated heterocycles. The number of carbonyl (C=O) groups excluding carboxylic acids is 1. The largest absolute Gasteiger partial charge is 0.494 e. The molecule has 0 aliphatic carbocycles. The van der Waals surface area contributed by atoms with Gasteiger partial charge in [-0.05, 0) is 59.4 Å². The van der Waals surface area contributed by atoms with E-state index in [1.54, 1.807) is 6.07 Å². The normalized spacial score (nSPS) is 10.9. The third-order valence-corrected chi connectivity index (χ3v) is 6.49. The minimum atomic E-state index is -0.473. The van der Waals surface area contributed by atoms with E-state index in [9.17, 15) is 4.79 Å². The van der Waals surface area contributed by atoms with Crippen LogP contribution in [0.1, 0.15) is 88.4 Å². The second kappa shape index (κ2) is 16.6. The Bertz CT molecular complexity index is 1040. The van der Waals surface area contributed by atoms with Crippen molar-refractivity contribution in [1.29, 1.82) is 0 Å². The number of rotatable bonds is 17. The molecule has 0 saturated carbocycles. The molecule has 0 radical (unpaired) electrons. The lowest BCUT2D eigenvalue weighted by atomic mass is 9.93. The van der Waals surface area contributed by atoms with Crippen LogP contribution in [0.3, 0.4) is 0 Å². The van der Waals surface area contributed by atoms with Gasteiger partial charge in [0, 0.05) is 0 Å².